The SMILES string of the molecule is COCCOc1cc2ncnc(Oc3ccc(CC(=O)c4c5n(n(-c6ccccc6)c4=O)CCCC5)nc3)c2cc1OCCOC. The maximum absolute atomic E-state index is 13.6. The van der Waals surface area contributed by atoms with Crippen LogP contribution in [0.1, 0.15) is 34.6 Å². The number of ketones is 1. The van der Waals surface area contributed by atoms with Crippen molar-refractivity contribution in [1.82, 2.24) is 24.3 Å². The van der Waals surface area contributed by atoms with Gasteiger partial charge in [-0.2, -0.15) is 0 Å². The molecule has 6 rings (SSSR count). The van der Waals surface area contributed by atoms with E-state index in [1.54, 1.807) is 43.2 Å². The molecule has 0 atom stereocenters. The van der Waals surface area contributed by atoms with E-state index in [1.807, 2.05) is 35.0 Å². The number of fused-ring (bicyclic) bond motifs is 2. The molecule has 1 aliphatic heterocycles. The molecule has 0 radical (unpaired) electrons. The molecule has 3 aromatic heterocycles. The zero-order valence-electron chi connectivity index (χ0n) is 25.8. The fourth-order valence-corrected chi connectivity index (χ4v) is 5.50. The van der Waals surface area contributed by atoms with E-state index in [2.05, 4.69) is 15.0 Å². The van der Waals surface area contributed by atoms with Gasteiger partial charge in [-0.05, 0) is 49.6 Å². The van der Waals surface area contributed by atoms with E-state index < -0.39 is 0 Å². The number of benzene rings is 2. The first-order valence-corrected chi connectivity index (χ1v) is 15.2. The van der Waals surface area contributed by atoms with Gasteiger partial charge in [0.15, 0.2) is 17.3 Å². The van der Waals surface area contributed by atoms with Gasteiger partial charge in [0.25, 0.3) is 5.56 Å². The van der Waals surface area contributed by atoms with Gasteiger partial charge in [0.2, 0.25) is 5.88 Å². The molecule has 4 heterocycles. The lowest BCUT2D eigenvalue weighted by Crippen LogP contribution is -2.24. The summed E-state index contributed by atoms with van der Waals surface area (Å²) in [6.07, 6.45) is 5.51. The summed E-state index contributed by atoms with van der Waals surface area (Å²) in [7, 11) is 3.21. The highest BCUT2D eigenvalue weighted by Gasteiger charge is 2.27. The smallest absolute Gasteiger partial charge is 0.282 e. The lowest BCUT2D eigenvalue weighted by Gasteiger charge is -2.19. The molecule has 0 unspecified atom stereocenters. The standard InChI is InChI=1S/C34H35N5O7/c1-42-14-16-44-30-19-26-27(20-31(30)45-17-15-43-2)36-22-37-33(26)46-25-12-11-23(35-21-25)18-29(40)32-28-10-6-7-13-38(28)39(34(32)41)24-8-4-3-5-9-24/h3-5,8-9,11-12,19-22H,6-7,10,13-18H2,1-2H3. The van der Waals surface area contributed by atoms with Crippen LogP contribution in [0.25, 0.3) is 16.6 Å². The van der Waals surface area contributed by atoms with E-state index in [9.17, 15) is 9.59 Å². The first-order chi connectivity index (χ1) is 22.6. The minimum atomic E-state index is -0.290. The van der Waals surface area contributed by atoms with Crippen LogP contribution >= 0.6 is 0 Å². The first kappa shape index (κ1) is 30.9. The molecule has 0 fully saturated rings. The molecule has 12 heteroatoms. The average molecular weight is 626 g/mol. The van der Waals surface area contributed by atoms with E-state index in [-0.39, 0.29) is 23.3 Å². The zero-order chi connectivity index (χ0) is 31.9. The lowest BCUT2D eigenvalue weighted by molar-refractivity contribution is 0.0989. The van der Waals surface area contributed by atoms with Crippen molar-refractivity contribution >= 4 is 16.7 Å². The van der Waals surface area contributed by atoms with Crippen LogP contribution < -0.4 is 19.8 Å². The Kier molecular flexibility index (Phi) is 9.65. The lowest BCUT2D eigenvalue weighted by atomic mass is 10.0. The minimum Gasteiger partial charge on any atom is -0.487 e. The Balaban J connectivity index is 1.22. The summed E-state index contributed by atoms with van der Waals surface area (Å²) >= 11 is 0. The van der Waals surface area contributed by atoms with E-state index in [0.29, 0.717) is 79.1 Å². The molecule has 5 aromatic rings. The summed E-state index contributed by atoms with van der Waals surface area (Å²) in [5, 5.41) is 0.612. The van der Waals surface area contributed by atoms with Crippen molar-refractivity contribution in [2.45, 2.75) is 32.2 Å². The van der Waals surface area contributed by atoms with Crippen LogP contribution in [0.2, 0.25) is 0 Å². The van der Waals surface area contributed by atoms with Gasteiger partial charge >= 0.3 is 0 Å². The molecule has 0 spiro atoms. The van der Waals surface area contributed by atoms with E-state index >= 15 is 0 Å². The summed E-state index contributed by atoms with van der Waals surface area (Å²) in [5.41, 5.74) is 2.61. The van der Waals surface area contributed by atoms with Gasteiger partial charge in [-0.25, -0.2) is 14.6 Å². The molecule has 0 saturated carbocycles. The molecule has 0 bridgehead atoms. The van der Waals surface area contributed by atoms with Crippen LogP contribution in [0.4, 0.5) is 0 Å². The molecule has 0 aliphatic carbocycles. The quantitative estimate of drug-likeness (QED) is 0.128. The Labute approximate surface area is 265 Å². The van der Waals surface area contributed by atoms with Crippen molar-refractivity contribution in [1.29, 1.82) is 0 Å². The summed E-state index contributed by atoms with van der Waals surface area (Å²) in [6.45, 7) is 2.18. The van der Waals surface area contributed by atoms with Crippen molar-refractivity contribution in [2.75, 3.05) is 40.6 Å². The Morgan fingerprint density at radius 1 is 0.870 bits per heavy atom. The summed E-state index contributed by atoms with van der Waals surface area (Å²) < 4.78 is 31.7. The van der Waals surface area contributed by atoms with Gasteiger partial charge in [0, 0.05) is 32.5 Å². The van der Waals surface area contributed by atoms with E-state index in [0.717, 1.165) is 24.2 Å². The van der Waals surface area contributed by atoms with Gasteiger partial charge in [0.05, 0.1) is 48.1 Å². The highest BCUT2D eigenvalue weighted by Crippen LogP contribution is 2.36. The number of para-hydroxylation sites is 1. The number of hydrogen-bond donors (Lipinski definition) is 0. The molecule has 12 nitrogen and oxygen atoms in total. The van der Waals surface area contributed by atoms with Crippen molar-refractivity contribution in [2.24, 2.45) is 0 Å². The molecule has 0 saturated heterocycles. The van der Waals surface area contributed by atoms with Crippen LogP contribution in [0.3, 0.4) is 0 Å². The van der Waals surface area contributed by atoms with E-state index in [4.69, 9.17) is 23.7 Å². The van der Waals surface area contributed by atoms with Gasteiger partial charge in [-0.1, -0.05) is 18.2 Å². The number of nitrogens with zero attached hydrogens (tertiary/aromatic N) is 5. The number of pyridine rings is 1. The molecular formula is C34H35N5O7. The fourth-order valence-electron chi connectivity index (χ4n) is 5.50. The molecule has 238 valence electrons. The Morgan fingerprint density at radius 3 is 2.35 bits per heavy atom. The number of carbonyl (C=O) groups excluding carboxylic acids is 1. The minimum absolute atomic E-state index is 0.00815. The molecule has 0 N–H and O–H groups in total. The number of Topliss-reactive ketones (excluding diaryl/α,β-unsaturated/α-hetero) is 1. The van der Waals surface area contributed by atoms with Gasteiger partial charge in [0.1, 0.15) is 30.9 Å². The summed E-state index contributed by atoms with van der Waals surface area (Å²) in [5.74, 6) is 1.48. The van der Waals surface area contributed by atoms with Crippen molar-refractivity contribution < 1.29 is 28.5 Å². The number of aromatic nitrogens is 5. The number of ether oxygens (including phenoxy) is 5. The largest absolute Gasteiger partial charge is 0.487 e. The second-order valence-corrected chi connectivity index (χ2v) is 10.7. The predicted molar refractivity (Wildman–Crippen MR) is 170 cm³/mol. The Hall–Kier alpha value is -5.07. The summed E-state index contributed by atoms with van der Waals surface area (Å²) in [4.78, 5) is 40.3. The molecular weight excluding hydrogens is 590 g/mol. The Bertz CT molecular complexity index is 1870. The highest BCUT2D eigenvalue weighted by atomic mass is 16.5. The van der Waals surface area contributed by atoms with E-state index in [1.165, 1.54) is 12.5 Å². The molecule has 0 amide bonds. The zero-order valence-corrected chi connectivity index (χ0v) is 25.8. The van der Waals surface area contributed by atoms with Crippen molar-refractivity contribution in [3.63, 3.8) is 0 Å². The monoisotopic (exact) mass is 625 g/mol. The number of methoxy groups -OCH3 is 2. The molecule has 2 aromatic carbocycles. The molecule has 46 heavy (non-hydrogen) atoms. The van der Waals surface area contributed by atoms with Crippen LogP contribution in [-0.4, -0.2) is 70.7 Å². The van der Waals surface area contributed by atoms with Crippen molar-refractivity contribution in [3.8, 4) is 28.8 Å². The van der Waals surface area contributed by atoms with Gasteiger partial charge in [-0.3, -0.25) is 19.3 Å². The van der Waals surface area contributed by atoms with Crippen LogP contribution in [0, 0.1) is 0 Å². The maximum Gasteiger partial charge on any atom is 0.282 e. The number of carbonyl (C=O) groups is 1. The maximum atomic E-state index is 13.6. The average Bonchev–Trinajstić information content (AvgIpc) is 3.38. The topological polar surface area (TPSA) is 129 Å². The normalized spacial score (nSPS) is 12.6. The third-order valence-corrected chi connectivity index (χ3v) is 7.67. The van der Waals surface area contributed by atoms with Crippen LogP contribution in [0.5, 0.6) is 23.1 Å². The third kappa shape index (κ3) is 6.63. The first-order valence-electron chi connectivity index (χ1n) is 15.2. The second kappa shape index (κ2) is 14.4. The number of rotatable bonds is 14. The van der Waals surface area contributed by atoms with Crippen molar-refractivity contribution in [3.05, 3.63) is 94.4 Å². The third-order valence-electron chi connectivity index (χ3n) is 7.67. The highest BCUT2D eigenvalue weighted by molar-refractivity contribution is 5.98. The fraction of sp³-hybridized carbons (Fsp3) is 0.324. The predicted octanol–water partition coefficient (Wildman–Crippen LogP) is 4.58. The Morgan fingerprint density at radius 2 is 1.63 bits per heavy atom. The summed E-state index contributed by atoms with van der Waals surface area (Å²) in [6, 6.07) is 16.4. The van der Waals surface area contributed by atoms with Crippen LogP contribution in [-0.2, 0) is 28.9 Å². The van der Waals surface area contributed by atoms with Gasteiger partial charge in [-0.15, -0.1) is 0 Å². The number of hydrogen-bond acceptors (Lipinski definition) is 10. The van der Waals surface area contributed by atoms with Gasteiger partial charge < -0.3 is 23.7 Å². The van der Waals surface area contributed by atoms with Crippen LogP contribution in [0.15, 0.2) is 71.9 Å². The molecule has 1 aliphatic rings. The second-order valence-electron chi connectivity index (χ2n) is 10.7.